The van der Waals surface area contributed by atoms with Crippen molar-refractivity contribution >= 4 is 30.0 Å². The molecular formula is C34H41O4P. The van der Waals surface area contributed by atoms with Crippen LogP contribution in [-0.2, 0) is 18.6 Å². The Bertz CT molecular complexity index is 1340. The molecule has 1 saturated carbocycles. The Morgan fingerprint density at radius 2 is 1.72 bits per heavy atom. The lowest BCUT2D eigenvalue weighted by Gasteiger charge is -2.39. The molecule has 0 amide bonds. The minimum Gasteiger partial charge on any atom is -0.463 e. The van der Waals surface area contributed by atoms with Crippen LogP contribution >= 0.6 is 7.37 Å². The van der Waals surface area contributed by atoms with E-state index in [0.717, 1.165) is 35.1 Å². The van der Waals surface area contributed by atoms with Crippen molar-refractivity contribution in [3.05, 3.63) is 90.0 Å². The van der Waals surface area contributed by atoms with Gasteiger partial charge in [0.25, 0.3) is 7.37 Å². The Kier molecular flexibility index (Phi) is 9.64. The van der Waals surface area contributed by atoms with E-state index >= 15 is 4.57 Å². The highest BCUT2D eigenvalue weighted by Crippen LogP contribution is 2.52. The van der Waals surface area contributed by atoms with Crippen molar-refractivity contribution in [3.63, 3.8) is 0 Å². The van der Waals surface area contributed by atoms with Gasteiger partial charge in [-0.3, -0.25) is 4.57 Å². The van der Waals surface area contributed by atoms with Gasteiger partial charge in [0.2, 0.25) is 0 Å². The maximum absolute atomic E-state index is 15.4. The van der Waals surface area contributed by atoms with Crippen LogP contribution < -0.4 is 10.6 Å². The molecule has 1 fully saturated rings. The minimum absolute atomic E-state index is 0.0899. The van der Waals surface area contributed by atoms with Gasteiger partial charge in [0.1, 0.15) is 0 Å². The highest BCUT2D eigenvalue weighted by atomic mass is 31.2. The largest absolute Gasteiger partial charge is 0.463 e. The van der Waals surface area contributed by atoms with E-state index in [4.69, 9.17) is 9.26 Å². The molecule has 1 aliphatic carbocycles. The number of hydrogen-bond donors (Lipinski definition) is 0. The van der Waals surface area contributed by atoms with Gasteiger partial charge in [-0.15, -0.1) is 0 Å². The molecule has 0 unspecified atom stereocenters. The molecule has 4 rings (SSSR count). The Morgan fingerprint density at radius 3 is 2.44 bits per heavy atom. The molecular weight excluding hydrogens is 503 g/mol. The average Bonchev–Trinajstić information content (AvgIpc) is 2.92. The van der Waals surface area contributed by atoms with Crippen LogP contribution in [0.25, 0.3) is 17.2 Å². The maximum atomic E-state index is 15.4. The summed E-state index contributed by atoms with van der Waals surface area (Å²) in [6.45, 7) is 10.9. The van der Waals surface area contributed by atoms with Crippen molar-refractivity contribution in [1.82, 2.24) is 0 Å². The van der Waals surface area contributed by atoms with Gasteiger partial charge >= 0.3 is 5.97 Å². The zero-order chi connectivity index (χ0) is 28.0. The van der Waals surface area contributed by atoms with Crippen molar-refractivity contribution in [2.24, 2.45) is 17.8 Å². The van der Waals surface area contributed by atoms with Crippen LogP contribution in [0.3, 0.4) is 0 Å². The highest BCUT2D eigenvalue weighted by molar-refractivity contribution is 7.74. The second kappa shape index (κ2) is 12.9. The fourth-order valence-electron chi connectivity index (χ4n) is 5.79. The Balaban J connectivity index is 1.88. The highest BCUT2D eigenvalue weighted by Gasteiger charge is 2.40. The van der Waals surface area contributed by atoms with Crippen molar-refractivity contribution in [3.8, 4) is 11.1 Å². The molecule has 39 heavy (non-hydrogen) atoms. The van der Waals surface area contributed by atoms with Crippen molar-refractivity contribution < 1.29 is 18.6 Å². The third-order valence-corrected chi connectivity index (χ3v) is 10.4. The van der Waals surface area contributed by atoms with Crippen LogP contribution in [0.2, 0.25) is 0 Å². The van der Waals surface area contributed by atoms with E-state index in [0.29, 0.717) is 35.0 Å². The number of aryl methyl sites for hydroxylation is 1. The predicted molar refractivity (Wildman–Crippen MR) is 162 cm³/mol. The van der Waals surface area contributed by atoms with E-state index in [9.17, 15) is 4.79 Å². The van der Waals surface area contributed by atoms with Gasteiger partial charge in [-0.25, -0.2) is 4.79 Å². The number of rotatable bonds is 9. The van der Waals surface area contributed by atoms with Crippen molar-refractivity contribution in [1.29, 1.82) is 0 Å². The molecule has 0 aliphatic heterocycles. The van der Waals surface area contributed by atoms with Crippen LogP contribution in [0.1, 0.15) is 58.1 Å². The molecule has 0 spiro atoms. The zero-order valence-corrected chi connectivity index (χ0v) is 24.7. The summed E-state index contributed by atoms with van der Waals surface area (Å²) in [6.07, 6.45) is 6.30. The van der Waals surface area contributed by atoms with Crippen molar-refractivity contribution in [2.75, 3.05) is 6.61 Å². The Labute approximate surface area is 233 Å². The maximum Gasteiger partial charge on any atom is 0.330 e. The first kappa shape index (κ1) is 29.1. The smallest absolute Gasteiger partial charge is 0.330 e. The molecule has 0 heterocycles. The molecule has 0 radical (unpaired) electrons. The van der Waals surface area contributed by atoms with E-state index in [1.165, 1.54) is 12.5 Å². The van der Waals surface area contributed by atoms with E-state index in [1.807, 2.05) is 79.7 Å². The first-order valence-corrected chi connectivity index (χ1v) is 15.8. The average molecular weight is 545 g/mol. The molecule has 206 valence electrons. The summed E-state index contributed by atoms with van der Waals surface area (Å²) in [4.78, 5) is 12.1. The molecule has 0 aromatic heterocycles. The number of carbonyl (C=O) groups is 1. The van der Waals surface area contributed by atoms with Gasteiger partial charge in [0, 0.05) is 16.7 Å². The van der Waals surface area contributed by atoms with Gasteiger partial charge in [-0.1, -0.05) is 81.8 Å². The van der Waals surface area contributed by atoms with E-state index < -0.39 is 7.37 Å². The minimum atomic E-state index is -3.50. The summed E-state index contributed by atoms with van der Waals surface area (Å²) in [5, 5.41) is 1.40. The van der Waals surface area contributed by atoms with Crippen LogP contribution in [0.5, 0.6) is 0 Å². The topological polar surface area (TPSA) is 52.6 Å². The summed E-state index contributed by atoms with van der Waals surface area (Å²) in [7, 11) is -3.50. The van der Waals surface area contributed by atoms with Crippen LogP contribution in [0.4, 0.5) is 0 Å². The molecule has 4 nitrogen and oxygen atoms in total. The quantitative estimate of drug-likeness (QED) is 0.156. The summed E-state index contributed by atoms with van der Waals surface area (Å²) < 4.78 is 27.5. The first-order valence-electron chi connectivity index (χ1n) is 14.1. The summed E-state index contributed by atoms with van der Waals surface area (Å²) >= 11 is 0. The predicted octanol–water partition coefficient (Wildman–Crippen LogP) is 7.94. The van der Waals surface area contributed by atoms with E-state index in [-0.39, 0.29) is 12.1 Å². The van der Waals surface area contributed by atoms with E-state index in [1.54, 1.807) is 13.0 Å². The van der Waals surface area contributed by atoms with Gasteiger partial charge in [0.15, 0.2) is 0 Å². The number of carbonyl (C=O) groups excluding carboxylic acids is 1. The second-order valence-electron chi connectivity index (χ2n) is 11.0. The molecule has 5 heteroatoms. The van der Waals surface area contributed by atoms with Crippen molar-refractivity contribution in [2.45, 2.75) is 60.0 Å². The normalized spacial score (nSPS) is 21.1. The van der Waals surface area contributed by atoms with Crippen LogP contribution in [-0.4, -0.2) is 18.7 Å². The number of hydrogen-bond acceptors (Lipinski definition) is 4. The number of benzene rings is 3. The standard InChI is InChI=1S/C34H41O4P/c1-6-37-33(35)22-20-27-14-12-13-26(5)34(27)30-17-10-11-18-32(30)39(36,28-15-8-7-9-16-28)38-31-23-25(4)19-21-29(31)24(2)3/h7-18,20,22,24-25,29,31H,6,19,21,23H2,1-5H3/b22-20+/t25-,29+,31-,39+/m1/s1. The Morgan fingerprint density at radius 1 is 1.00 bits per heavy atom. The molecule has 4 atom stereocenters. The number of ether oxygens (including phenoxy) is 1. The third kappa shape index (κ3) is 6.62. The van der Waals surface area contributed by atoms with Gasteiger partial charge in [-0.2, -0.15) is 0 Å². The first-order chi connectivity index (χ1) is 18.7. The third-order valence-electron chi connectivity index (χ3n) is 7.82. The lowest BCUT2D eigenvalue weighted by atomic mass is 9.75. The van der Waals surface area contributed by atoms with Crippen LogP contribution in [0, 0.1) is 24.7 Å². The van der Waals surface area contributed by atoms with Gasteiger partial charge in [0.05, 0.1) is 12.7 Å². The fourth-order valence-corrected chi connectivity index (χ4v) is 8.28. The molecule has 0 bridgehead atoms. The lowest BCUT2D eigenvalue weighted by molar-refractivity contribution is -0.137. The zero-order valence-electron chi connectivity index (χ0n) is 23.8. The molecule has 3 aromatic carbocycles. The molecule has 3 aromatic rings. The lowest BCUT2D eigenvalue weighted by Crippen LogP contribution is -2.36. The monoisotopic (exact) mass is 544 g/mol. The SMILES string of the molecule is CCOC(=O)/C=C/c1cccc(C)c1-c1ccccc1[P@@](=O)(O[C@@H]1C[C@H](C)CC[C@H]1C(C)C)c1ccccc1. The summed E-state index contributed by atoms with van der Waals surface area (Å²) in [5.41, 5.74) is 3.68. The Hall–Kier alpha value is -2.94. The molecule has 0 N–H and O–H groups in total. The molecule has 0 saturated heterocycles. The van der Waals surface area contributed by atoms with Gasteiger partial charge in [-0.05, 0) is 91.0 Å². The second-order valence-corrected chi connectivity index (χ2v) is 13.3. The van der Waals surface area contributed by atoms with Gasteiger partial charge < -0.3 is 9.26 Å². The summed E-state index contributed by atoms with van der Waals surface area (Å²) in [5.74, 6) is 0.938. The number of esters is 1. The summed E-state index contributed by atoms with van der Waals surface area (Å²) in [6, 6.07) is 23.5. The fraction of sp³-hybridized carbons (Fsp3) is 0.382. The van der Waals surface area contributed by atoms with Crippen LogP contribution in [0.15, 0.2) is 78.9 Å². The van der Waals surface area contributed by atoms with E-state index in [2.05, 4.69) is 20.8 Å². The molecule has 1 aliphatic rings.